The van der Waals surface area contributed by atoms with E-state index in [4.69, 9.17) is 16.3 Å². The zero-order valence-electron chi connectivity index (χ0n) is 12.3. The van der Waals surface area contributed by atoms with Crippen LogP contribution in [0.1, 0.15) is 19.3 Å². The molecule has 112 valence electrons. The number of piperidine rings is 1. The van der Waals surface area contributed by atoms with Gasteiger partial charge in [-0.05, 0) is 70.1 Å². The molecule has 1 N–H and O–H groups in total. The Morgan fingerprint density at radius 2 is 2.15 bits per heavy atom. The fourth-order valence-corrected chi connectivity index (χ4v) is 2.88. The molecule has 1 aliphatic rings. The van der Waals surface area contributed by atoms with Crippen molar-refractivity contribution in [2.75, 3.05) is 39.8 Å². The van der Waals surface area contributed by atoms with Gasteiger partial charge in [0.2, 0.25) is 0 Å². The third-order valence-corrected chi connectivity index (χ3v) is 4.22. The maximum absolute atomic E-state index is 5.93. The molecule has 0 atom stereocenters. The van der Waals surface area contributed by atoms with E-state index in [-0.39, 0.29) is 0 Å². The zero-order chi connectivity index (χ0) is 14.2. The second-order valence-corrected chi connectivity index (χ2v) is 5.92. The van der Waals surface area contributed by atoms with Gasteiger partial charge in [-0.15, -0.1) is 0 Å². The Labute approximate surface area is 127 Å². The molecule has 1 fully saturated rings. The number of halogens is 1. The summed E-state index contributed by atoms with van der Waals surface area (Å²) in [5.74, 6) is 1.76. The molecule has 1 aromatic rings. The zero-order valence-corrected chi connectivity index (χ0v) is 13.0. The molecule has 1 aliphatic heterocycles. The smallest absolute Gasteiger partial charge is 0.120 e. The normalized spacial score (nSPS) is 17.3. The van der Waals surface area contributed by atoms with Crippen LogP contribution in [-0.4, -0.2) is 44.7 Å². The van der Waals surface area contributed by atoms with Gasteiger partial charge in [-0.25, -0.2) is 0 Å². The van der Waals surface area contributed by atoms with Crippen LogP contribution in [0.25, 0.3) is 0 Å². The first-order chi connectivity index (χ1) is 9.78. The van der Waals surface area contributed by atoms with Crippen LogP contribution in [0.3, 0.4) is 0 Å². The molecule has 4 heteroatoms. The Morgan fingerprint density at radius 1 is 1.35 bits per heavy atom. The maximum Gasteiger partial charge on any atom is 0.120 e. The van der Waals surface area contributed by atoms with Gasteiger partial charge in [-0.1, -0.05) is 17.7 Å². The molecule has 0 amide bonds. The Hall–Kier alpha value is -0.770. The first kappa shape index (κ1) is 15.6. The lowest BCUT2D eigenvalue weighted by molar-refractivity contribution is 0.151. The Morgan fingerprint density at radius 3 is 2.85 bits per heavy atom. The van der Waals surface area contributed by atoms with Gasteiger partial charge in [0.15, 0.2) is 0 Å². The van der Waals surface area contributed by atoms with E-state index in [0.717, 1.165) is 36.4 Å². The Kier molecular flexibility index (Phi) is 6.64. The fraction of sp³-hybridized carbons (Fsp3) is 0.625. The summed E-state index contributed by atoms with van der Waals surface area (Å²) >= 11 is 5.93. The minimum Gasteiger partial charge on any atom is -0.492 e. The van der Waals surface area contributed by atoms with Crippen molar-refractivity contribution >= 4 is 11.6 Å². The summed E-state index contributed by atoms with van der Waals surface area (Å²) in [6.45, 7) is 5.29. The van der Waals surface area contributed by atoms with Crippen LogP contribution in [0.5, 0.6) is 5.75 Å². The summed E-state index contributed by atoms with van der Waals surface area (Å²) < 4.78 is 5.75. The first-order valence-electron chi connectivity index (χ1n) is 7.53. The number of benzene rings is 1. The van der Waals surface area contributed by atoms with Gasteiger partial charge < -0.3 is 10.1 Å². The molecule has 0 saturated carbocycles. The largest absolute Gasteiger partial charge is 0.492 e. The molecule has 1 aromatic carbocycles. The third-order valence-electron chi connectivity index (χ3n) is 3.98. The van der Waals surface area contributed by atoms with Gasteiger partial charge in [-0.2, -0.15) is 0 Å². The van der Waals surface area contributed by atoms with Crippen LogP contribution in [0, 0.1) is 5.92 Å². The van der Waals surface area contributed by atoms with Crippen molar-refractivity contribution in [3.63, 3.8) is 0 Å². The number of ether oxygens (including phenoxy) is 1. The van der Waals surface area contributed by atoms with Crippen LogP contribution in [0.2, 0.25) is 5.02 Å². The van der Waals surface area contributed by atoms with Gasteiger partial charge >= 0.3 is 0 Å². The van der Waals surface area contributed by atoms with Crippen molar-refractivity contribution in [3.05, 3.63) is 29.3 Å². The van der Waals surface area contributed by atoms with E-state index in [0.29, 0.717) is 0 Å². The van der Waals surface area contributed by atoms with Crippen molar-refractivity contribution in [2.45, 2.75) is 19.3 Å². The molecular weight excluding hydrogens is 272 g/mol. The molecule has 0 unspecified atom stereocenters. The van der Waals surface area contributed by atoms with Gasteiger partial charge in [0.1, 0.15) is 12.4 Å². The number of hydrogen-bond donors (Lipinski definition) is 1. The lowest BCUT2D eigenvalue weighted by Crippen LogP contribution is -2.37. The van der Waals surface area contributed by atoms with Crippen LogP contribution >= 0.6 is 11.6 Å². The SMILES string of the molecule is CNCCC1CCN(CCOc2cccc(Cl)c2)CC1. The van der Waals surface area contributed by atoms with Gasteiger partial charge in [0, 0.05) is 11.6 Å². The van der Waals surface area contributed by atoms with Crippen molar-refractivity contribution in [1.29, 1.82) is 0 Å². The molecule has 1 heterocycles. The van der Waals surface area contributed by atoms with Crippen molar-refractivity contribution in [1.82, 2.24) is 10.2 Å². The van der Waals surface area contributed by atoms with Crippen LogP contribution in [0.15, 0.2) is 24.3 Å². The topological polar surface area (TPSA) is 24.5 Å². The average molecular weight is 297 g/mol. The number of likely N-dealkylation sites (tertiary alicyclic amines) is 1. The summed E-state index contributed by atoms with van der Waals surface area (Å²) in [7, 11) is 2.03. The predicted octanol–water partition coefficient (Wildman–Crippen LogP) is 3.04. The number of hydrogen-bond acceptors (Lipinski definition) is 3. The minimum absolute atomic E-state index is 0.729. The number of nitrogens with zero attached hydrogens (tertiary/aromatic N) is 1. The molecule has 1 saturated heterocycles. The first-order valence-corrected chi connectivity index (χ1v) is 7.91. The molecule has 0 aromatic heterocycles. The summed E-state index contributed by atoms with van der Waals surface area (Å²) in [6, 6.07) is 7.61. The highest BCUT2D eigenvalue weighted by molar-refractivity contribution is 6.30. The van der Waals surface area contributed by atoms with E-state index in [2.05, 4.69) is 10.2 Å². The summed E-state index contributed by atoms with van der Waals surface area (Å²) in [5, 5.41) is 3.97. The van der Waals surface area contributed by atoms with E-state index in [9.17, 15) is 0 Å². The highest BCUT2D eigenvalue weighted by atomic mass is 35.5. The monoisotopic (exact) mass is 296 g/mol. The molecule has 0 bridgehead atoms. The van der Waals surface area contributed by atoms with Crippen LogP contribution in [0.4, 0.5) is 0 Å². The van der Waals surface area contributed by atoms with Crippen molar-refractivity contribution in [2.24, 2.45) is 5.92 Å². The fourth-order valence-electron chi connectivity index (χ4n) is 2.70. The Bertz CT molecular complexity index is 392. The predicted molar refractivity (Wildman–Crippen MR) is 84.7 cm³/mol. The Balaban J connectivity index is 1.61. The van der Waals surface area contributed by atoms with Crippen molar-refractivity contribution < 1.29 is 4.74 Å². The molecular formula is C16H25ClN2O. The highest BCUT2D eigenvalue weighted by Crippen LogP contribution is 2.20. The molecule has 0 aliphatic carbocycles. The van der Waals surface area contributed by atoms with Crippen LogP contribution in [-0.2, 0) is 0 Å². The van der Waals surface area contributed by atoms with E-state index in [1.165, 1.54) is 32.4 Å². The average Bonchev–Trinajstić information content (AvgIpc) is 2.46. The lowest BCUT2D eigenvalue weighted by Gasteiger charge is -2.31. The molecule has 0 radical (unpaired) electrons. The van der Waals surface area contributed by atoms with Crippen molar-refractivity contribution in [3.8, 4) is 5.75 Å². The standard InChI is InChI=1S/C16H25ClN2O/c1-18-8-5-14-6-9-19(10-7-14)11-12-20-16-4-2-3-15(17)13-16/h2-4,13-14,18H,5-12H2,1H3. The van der Waals surface area contributed by atoms with Gasteiger partial charge in [-0.3, -0.25) is 4.90 Å². The van der Waals surface area contributed by atoms with E-state index in [1.54, 1.807) is 0 Å². The van der Waals surface area contributed by atoms with E-state index >= 15 is 0 Å². The number of rotatable bonds is 7. The second-order valence-electron chi connectivity index (χ2n) is 5.48. The van der Waals surface area contributed by atoms with Gasteiger partial charge in [0.05, 0.1) is 0 Å². The minimum atomic E-state index is 0.729. The third kappa shape index (κ3) is 5.31. The lowest BCUT2D eigenvalue weighted by atomic mass is 9.93. The number of nitrogens with one attached hydrogen (secondary N) is 1. The quantitative estimate of drug-likeness (QED) is 0.837. The van der Waals surface area contributed by atoms with Crippen LogP contribution < -0.4 is 10.1 Å². The maximum atomic E-state index is 5.93. The molecule has 3 nitrogen and oxygen atoms in total. The highest BCUT2D eigenvalue weighted by Gasteiger charge is 2.18. The summed E-state index contributed by atoms with van der Waals surface area (Å²) in [6.07, 6.45) is 3.95. The second kappa shape index (κ2) is 8.50. The van der Waals surface area contributed by atoms with Gasteiger partial charge in [0.25, 0.3) is 0 Å². The molecule has 20 heavy (non-hydrogen) atoms. The summed E-state index contributed by atoms with van der Waals surface area (Å²) in [5.41, 5.74) is 0. The van der Waals surface area contributed by atoms with E-state index in [1.807, 2.05) is 31.3 Å². The summed E-state index contributed by atoms with van der Waals surface area (Å²) in [4.78, 5) is 2.50. The molecule has 0 spiro atoms. The molecule has 2 rings (SSSR count). The van der Waals surface area contributed by atoms with E-state index < -0.39 is 0 Å².